The molecule has 0 unspecified atom stereocenters. The van der Waals surface area contributed by atoms with Crippen LogP contribution in [0.25, 0.3) is 22.3 Å². The second kappa shape index (κ2) is 9.12. The van der Waals surface area contributed by atoms with Crippen LogP contribution >= 0.6 is 23.4 Å². The standard InChI is InChI=1S/C23H23ClS/c1-18-12-14-19(15-13-18)20-8-2-3-9-21(20)22-10-4-5-11-23(22)25-17-7-6-16-24/h2-5,8-15H,6-7,16-17H2,1H3. The van der Waals surface area contributed by atoms with Crippen LogP contribution in [-0.4, -0.2) is 11.6 Å². The van der Waals surface area contributed by atoms with Gasteiger partial charge in [0.05, 0.1) is 0 Å². The van der Waals surface area contributed by atoms with Crippen molar-refractivity contribution >= 4 is 23.4 Å². The van der Waals surface area contributed by atoms with Crippen molar-refractivity contribution in [2.45, 2.75) is 24.7 Å². The summed E-state index contributed by atoms with van der Waals surface area (Å²) in [5.74, 6) is 1.86. The fourth-order valence-electron chi connectivity index (χ4n) is 2.90. The van der Waals surface area contributed by atoms with Gasteiger partial charge in [-0.15, -0.1) is 23.4 Å². The summed E-state index contributed by atoms with van der Waals surface area (Å²) in [6.07, 6.45) is 2.23. The highest BCUT2D eigenvalue weighted by Gasteiger charge is 2.10. The topological polar surface area (TPSA) is 0 Å². The van der Waals surface area contributed by atoms with Gasteiger partial charge >= 0.3 is 0 Å². The monoisotopic (exact) mass is 366 g/mol. The summed E-state index contributed by atoms with van der Waals surface area (Å²) in [7, 11) is 0. The second-order valence-corrected chi connectivity index (χ2v) is 7.67. The van der Waals surface area contributed by atoms with Crippen molar-refractivity contribution in [1.82, 2.24) is 0 Å². The molecule has 0 aliphatic rings. The third-order valence-corrected chi connectivity index (χ3v) is 5.68. The third-order valence-electron chi connectivity index (χ3n) is 4.25. The maximum atomic E-state index is 5.80. The first-order valence-electron chi connectivity index (χ1n) is 8.74. The quantitative estimate of drug-likeness (QED) is 0.238. The zero-order valence-electron chi connectivity index (χ0n) is 14.5. The molecule has 128 valence electrons. The summed E-state index contributed by atoms with van der Waals surface area (Å²) in [4.78, 5) is 1.34. The van der Waals surface area contributed by atoms with Crippen LogP contribution in [0.4, 0.5) is 0 Å². The predicted molar refractivity (Wildman–Crippen MR) is 113 cm³/mol. The Balaban J connectivity index is 1.96. The van der Waals surface area contributed by atoms with Gasteiger partial charge in [-0.25, -0.2) is 0 Å². The lowest BCUT2D eigenvalue weighted by Gasteiger charge is -2.14. The van der Waals surface area contributed by atoms with Gasteiger partial charge in [-0.05, 0) is 53.8 Å². The summed E-state index contributed by atoms with van der Waals surface area (Å²) in [6, 6.07) is 26.2. The van der Waals surface area contributed by atoms with Crippen LogP contribution in [0.5, 0.6) is 0 Å². The fraction of sp³-hybridized carbons (Fsp3) is 0.217. The van der Waals surface area contributed by atoms with Crippen LogP contribution in [0.3, 0.4) is 0 Å². The molecule has 0 spiro atoms. The SMILES string of the molecule is Cc1ccc(-c2ccccc2-c2ccccc2SCCCCCl)cc1. The molecule has 0 bridgehead atoms. The van der Waals surface area contributed by atoms with E-state index in [-0.39, 0.29) is 0 Å². The minimum absolute atomic E-state index is 0.748. The number of rotatable bonds is 7. The Morgan fingerprint density at radius 3 is 2.08 bits per heavy atom. The van der Waals surface area contributed by atoms with Crippen molar-refractivity contribution in [3.8, 4) is 22.3 Å². The summed E-state index contributed by atoms with van der Waals surface area (Å²) < 4.78 is 0. The van der Waals surface area contributed by atoms with Crippen LogP contribution in [0.2, 0.25) is 0 Å². The molecule has 0 nitrogen and oxygen atoms in total. The molecule has 3 aromatic carbocycles. The van der Waals surface area contributed by atoms with E-state index in [4.69, 9.17) is 11.6 Å². The van der Waals surface area contributed by atoms with Crippen molar-refractivity contribution in [2.24, 2.45) is 0 Å². The molecule has 0 aromatic heterocycles. The Morgan fingerprint density at radius 1 is 0.720 bits per heavy atom. The van der Waals surface area contributed by atoms with Crippen LogP contribution in [0, 0.1) is 6.92 Å². The van der Waals surface area contributed by atoms with E-state index < -0.39 is 0 Å². The molecule has 0 fully saturated rings. The van der Waals surface area contributed by atoms with E-state index in [2.05, 4.69) is 79.7 Å². The van der Waals surface area contributed by atoms with Gasteiger partial charge < -0.3 is 0 Å². The van der Waals surface area contributed by atoms with Crippen LogP contribution in [0.1, 0.15) is 18.4 Å². The zero-order chi connectivity index (χ0) is 17.5. The van der Waals surface area contributed by atoms with E-state index in [1.165, 1.54) is 32.7 Å². The molecule has 0 radical (unpaired) electrons. The first kappa shape index (κ1) is 18.1. The van der Waals surface area contributed by atoms with Gasteiger partial charge in [0.15, 0.2) is 0 Å². The largest absolute Gasteiger partial charge is 0.127 e. The predicted octanol–water partition coefficient (Wildman–Crippen LogP) is 7.44. The molecule has 0 amide bonds. The lowest BCUT2D eigenvalue weighted by atomic mass is 9.94. The number of thioether (sulfide) groups is 1. The van der Waals surface area contributed by atoms with E-state index in [1.54, 1.807) is 0 Å². The highest BCUT2D eigenvalue weighted by Crippen LogP contribution is 2.37. The molecular formula is C23H23ClS. The maximum absolute atomic E-state index is 5.80. The van der Waals surface area contributed by atoms with Crippen molar-refractivity contribution < 1.29 is 0 Å². The maximum Gasteiger partial charge on any atom is 0.0223 e. The van der Waals surface area contributed by atoms with E-state index >= 15 is 0 Å². The summed E-state index contributed by atoms with van der Waals surface area (Å²) in [5.41, 5.74) is 6.46. The molecule has 3 rings (SSSR count). The summed E-state index contributed by atoms with van der Waals surface area (Å²) >= 11 is 7.73. The van der Waals surface area contributed by atoms with E-state index in [0.29, 0.717) is 0 Å². The van der Waals surface area contributed by atoms with Gasteiger partial charge in [-0.3, -0.25) is 0 Å². The van der Waals surface area contributed by atoms with Crippen molar-refractivity contribution in [2.75, 3.05) is 11.6 Å². The minimum Gasteiger partial charge on any atom is -0.127 e. The smallest absolute Gasteiger partial charge is 0.0223 e. The van der Waals surface area contributed by atoms with Crippen molar-refractivity contribution in [3.63, 3.8) is 0 Å². The number of halogens is 1. The second-order valence-electron chi connectivity index (χ2n) is 6.15. The van der Waals surface area contributed by atoms with Gasteiger partial charge in [0, 0.05) is 10.8 Å². The van der Waals surface area contributed by atoms with Gasteiger partial charge in [0.1, 0.15) is 0 Å². The number of alkyl halides is 1. The number of aryl methyl sites for hydroxylation is 1. The Labute approximate surface area is 160 Å². The molecule has 0 saturated heterocycles. The molecule has 2 heteroatoms. The Morgan fingerprint density at radius 2 is 1.36 bits per heavy atom. The molecule has 0 heterocycles. The molecular weight excluding hydrogens is 344 g/mol. The van der Waals surface area contributed by atoms with Crippen LogP contribution < -0.4 is 0 Å². The molecule has 0 aliphatic carbocycles. The lowest BCUT2D eigenvalue weighted by molar-refractivity contribution is 0.903. The van der Waals surface area contributed by atoms with Crippen LogP contribution in [0.15, 0.2) is 77.7 Å². The summed E-state index contributed by atoms with van der Waals surface area (Å²) in [6.45, 7) is 2.13. The van der Waals surface area contributed by atoms with Gasteiger partial charge in [0.25, 0.3) is 0 Å². The average molecular weight is 367 g/mol. The van der Waals surface area contributed by atoms with Crippen molar-refractivity contribution in [3.05, 3.63) is 78.4 Å². The first-order valence-corrected chi connectivity index (χ1v) is 10.3. The number of benzene rings is 3. The normalized spacial score (nSPS) is 10.8. The molecule has 0 N–H and O–H groups in total. The number of hydrogen-bond donors (Lipinski definition) is 0. The summed E-state index contributed by atoms with van der Waals surface area (Å²) in [5, 5.41) is 0. The fourth-order valence-corrected chi connectivity index (χ4v) is 4.16. The average Bonchev–Trinajstić information content (AvgIpc) is 2.66. The van der Waals surface area contributed by atoms with Gasteiger partial charge in [-0.1, -0.05) is 72.3 Å². The highest BCUT2D eigenvalue weighted by atomic mass is 35.5. The van der Waals surface area contributed by atoms with E-state index in [9.17, 15) is 0 Å². The zero-order valence-corrected chi connectivity index (χ0v) is 16.1. The first-order chi connectivity index (χ1) is 12.3. The number of hydrogen-bond acceptors (Lipinski definition) is 1. The number of unbranched alkanes of at least 4 members (excludes halogenated alkanes) is 1. The Kier molecular flexibility index (Phi) is 6.61. The van der Waals surface area contributed by atoms with Gasteiger partial charge in [0.2, 0.25) is 0 Å². The molecule has 25 heavy (non-hydrogen) atoms. The molecule has 0 aliphatic heterocycles. The molecule has 0 atom stereocenters. The Bertz CT molecular complexity index is 808. The van der Waals surface area contributed by atoms with Gasteiger partial charge in [-0.2, -0.15) is 0 Å². The minimum atomic E-state index is 0.748. The highest BCUT2D eigenvalue weighted by molar-refractivity contribution is 7.99. The van der Waals surface area contributed by atoms with Crippen molar-refractivity contribution in [1.29, 1.82) is 0 Å². The lowest BCUT2D eigenvalue weighted by Crippen LogP contribution is -1.89. The van der Waals surface area contributed by atoms with E-state index in [0.717, 1.165) is 24.5 Å². The molecule has 0 saturated carbocycles. The Hall–Kier alpha value is -1.70. The molecule has 3 aromatic rings. The van der Waals surface area contributed by atoms with Crippen LogP contribution in [-0.2, 0) is 0 Å². The third kappa shape index (κ3) is 4.68. The van der Waals surface area contributed by atoms with E-state index in [1.807, 2.05) is 11.8 Å².